The number of hydrogen-bond donors (Lipinski definition) is 0. The fourth-order valence-electron chi connectivity index (χ4n) is 3.92. The number of hydrogen-bond acceptors (Lipinski definition) is 5. The lowest BCUT2D eigenvalue weighted by molar-refractivity contribution is 0.453. The molecule has 1 aromatic carbocycles. The Balaban J connectivity index is 1.48. The zero-order valence-electron chi connectivity index (χ0n) is 15.4. The van der Waals surface area contributed by atoms with Crippen molar-refractivity contribution >= 4 is 15.8 Å². The van der Waals surface area contributed by atoms with Gasteiger partial charge in [0.25, 0.3) is 0 Å². The Morgan fingerprint density at radius 2 is 1.58 bits per heavy atom. The molecule has 0 aliphatic carbocycles. The van der Waals surface area contributed by atoms with Gasteiger partial charge in [0.1, 0.15) is 0 Å². The molecule has 2 saturated heterocycles. The average Bonchev–Trinajstić information content (AvgIpc) is 3.17. The van der Waals surface area contributed by atoms with E-state index < -0.39 is 10.0 Å². The first-order valence-corrected chi connectivity index (χ1v) is 10.4. The number of rotatable bonds is 3. The molecule has 2 fully saturated rings. The largest absolute Gasteiger partial charge is 0.354 e. The van der Waals surface area contributed by atoms with Crippen molar-refractivity contribution in [3.63, 3.8) is 0 Å². The van der Waals surface area contributed by atoms with Gasteiger partial charge < -0.3 is 4.90 Å². The van der Waals surface area contributed by atoms with Crippen molar-refractivity contribution in [2.24, 2.45) is 11.8 Å². The summed E-state index contributed by atoms with van der Waals surface area (Å²) in [6.45, 7) is 8.70. The van der Waals surface area contributed by atoms with Gasteiger partial charge in [-0.15, -0.1) is 5.10 Å². The second-order valence-corrected chi connectivity index (χ2v) is 9.46. The molecular weight excluding hydrogens is 348 g/mol. The van der Waals surface area contributed by atoms with Crippen LogP contribution in [0.4, 0.5) is 5.82 Å². The Morgan fingerprint density at radius 3 is 2.15 bits per heavy atom. The fraction of sp³-hybridized carbons (Fsp3) is 0.474. The van der Waals surface area contributed by atoms with Gasteiger partial charge in [0.05, 0.1) is 10.6 Å². The summed E-state index contributed by atoms with van der Waals surface area (Å²) >= 11 is 0. The van der Waals surface area contributed by atoms with Crippen molar-refractivity contribution < 1.29 is 8.42 Å². The van der Waals surface area contributed by atoms with E-state index in [0.29, 0.717) is 29.8 Å². The Kier molecular flexibility index (Phi) is 4.23. The van der Waals surface area contributed by atoms with Crippen molar-refractivity contribution in [1.29, 1.82) is 0 Å². The van der Waals surface area contributed by atoms with E-state index >= 15 is 0 Å². The third-order valence-electron chi connectivity index (χ3n) is 5.68. The molecule has 4 rings (SSSR count). The van der Waals surface area contributed by atoms with Crippen LogP contribution in [0.25, 0.3) is 0 Å². The SMILES string of the molecule is Cc1ccc(N2CC3CN(S(=O)(=O)c4ccc(C)c(C)c4)CC3C2)nn1. The number of sulfonamides is 1. The summed E-state index contributed by atoms with van der Waals surface area (Å²) < 4.78 is 27.7. The standard InChI is InChI=1S/C19H24N4O2S/c1-13-4-6-18(8-14(13)2)26(24,25)23-11-16-9-22(10-17(16)12-23)19-7-5-15(3)20-21-19/h4-8,16-17H,9-12H2,1-3H3. The van der Waals surface area contributed by atoms with Gasteiger partial charge in [-0.25, -0.2) is 8.42 Å². The maximum Gasteiger partial charge on any atom is 0.243 e. The van der Waals surface area contributed by atoms with Crippen LogP contribution in [0.15, 0.2) is 35.2 Å². The molecule has 0 amide bonds. The summed E-state index contributed by atoms with van der Waals surface area (Å²) in [5.41, 5.74) is 3.02. The third kappa shape index (κ3) is 2.99. The maximum absolute atomic E-state index is 13.0. The predicted molar refractivity (Wildman–Crippen MR) is 101 cm³/mol. The van der Waals surface area contributed by atoms with E-state index in [0.717, 1.165) is 35.7 Å². The van der Waals surface area contributed by atoms with Gasteiger partial charge in [0.15, 0.2) is 5.82 Å². The Morgan fingerprint density at radius 1 is 0.885 bits per heavy atom. The number of nitrogens with zero attached hydrogens (tertiary/aromatic N) is 4. The van der Waals surface area contributed by atoms with Crippen molar-refractivity contribution in [2.45, 2.75) is 25.7 Å². The van der Waals surface area contributed by atoms with E-state index in [1.165, 1.54) is 0 Å². The molecule has 1 aromatic heterocycles. The summed E-state index contributed by atoms with van der Waals surface area (Å²) in [7, 11) is -3.42. The van der Waals surface area contributed by atoms with E-state index in [9.17, 15) is 8.42 Å². The summed E-state index contributed by atoms with van der Waals surface area (Å²) in [5, 5.41) is 8.39. The van der Waals surface area contributed by atoms with Crippen molar-refractivity contribution in [3.05, 3.63) is 47.2 Å². The predicted octanol–water partition coefficient (Wildman–Crippen LogP) is 2.16. The average molecular weight is 372 g/mol. The highest BCUT2D eigenvalue weighted by molar-refractivity contribution is 7.89. The molecule has 138 valence electrons. The van der Waals surface area contributed by atoms with Crippen LogP contribution in [0.3, 0.4) is 0 Å². The summed E-state index contributed by atoms with van der Waals surface area (Å²) in [6, 6.07) is 9.35. The van der Waals surface area contributed by atoms with Gasteiger partial charge >= 0.3 is 0 Å². The first-order chi connectivity index (χ1) is 12.3. The van der Waals surface area contributed by atoms with Crippen LogP contribution in [0.2, 0.25) is 0 Å². The zero-order valence-corrected chi connectivity index (χ0v) is 16.2. The van der Waals surface area contributed by atoms with Gasteiger partial charge in [-0.2, -0.15) is 9.40 Å². The summed E-state index contributed by atoms with van der Waals surface area (Å²) in [4.78, 5) is 2.63. The van der Waals surface area contributed by atoms with Crippen molar-refractivity contribution in [2.75, 3.05) is 31.1 Å². The van der Waals surface area contributed by atoms with Crippen LogP contribution < -0.4 is 4.90 Å². The quantitative estimate of drug-likeness (QED) is 0.826. The van der Waals surface area contributed by atoms with Gasteiger partial charge in [0, 0.05) is 26.2 Å². The van der Waals surface area contributed by atoms with Gasteiger partial charge in [-0.05, 0) is 68.0 Å². The Bertz CT molecular complexity index is 913. The molecule has 26 heavy (non-hydrogen) atoms. The van der Waals surface area contributed by atoms with Gasteiger partial charge in [-0.3, -0.25) is 0 Å². The molecule has 2 atom stereocenters. The molecular formula is C19H24N4O2S. The lowest BCUT2D eigenvalue weighted by atomic mass is 10.0. The summed E-state index contributed by atoms with van der Waals surface area (Å²) in [6.07, 6.45) is 0. The number of benzene rings is 1. The highest BCUT2D eigenvalue weighted by Crippen LogP contribution is 2.35. The minimum Gasteiger partial charge on any atom is -0.354 e. The molecule has 2 aromatic rings. The first-order valence-electron chi connectivity index (χ1n) is 8.97. The molecule has 0 radical (unpaired) electrons. The molecule has 2 unspecified atom stereocenters. The van der Waals surface area contributed by atoms with E-state index in [1.807, 2.05) is 39.0 Å². The fourth-order valence-corrected chi connectivity index (χ4v) is 5.56. The zero-order chi connectivity index (χ0) is 18.5. The third-order valence-corrected chi connectivity index (χ3v) is 7.50. The molecule has 7 heteroatoms. The second kappa shape index (κ2) is 6.32. The summed E-state index contributed by atoms with van der Waals surface area (Å²) in [5.74, 6) is 1.58. The number of aromatic nitrogens is 2. The lowest BCUT2D eigenvalue weighted by Gasteiger charge is -2.22. The topological polar surface area (TPSA) is 66.4 Å². The highest BCUT2D eigenvalue weighted by Gasteiger charge is 2.44. The lowest BCUT2D eigenvalue weighted by Crippen LogP contribution is -2.33. The van der Waals surface area contributed by atoms with Crippen LogP contribution in [0.1, 0.15) is 16.8 Å². The van der Waals surface area contributed by atoms with Crippen LogP contribution in [0, 0.1) is 32.6 Å². The number of aryl methyl sites for hydroxylation is 3. The number of anilines is 1. The smallest absolute Gasteiger partial charge is 0.243 e. The van der Waals surface area contributed by atoms with Crippen LogP contribution >= 0.6 is 0 Å². The monoisotopic (exact) mass is 372 g/mol. The minimum atomic E-state index is -3.42. The molecule has 2 aliphatic rings. The molecule has 0 saturated carbocycles. The normalized spacial score (nSPS) is 23.4. The number of fused-ring (bicyclic) bond motifs is 1. The van der Waals surface area contributed by atoms with Crippen molar-refractivity contribution in [1.82, 2.24) is 14.5 Å². The second-order valence-electron chi connectivity index (χ2n) is 7.53. The van der Waals surface area contributed by atoms with E-state index in [4.69, 9.17) is 0 Å². The Labute approximate surface area is 154 Å². The molecule has 3 heterocycles. The minimum absolute atomic E-state index is 0.347. The van der Waals surface area contributed by atoms with E-state index in [-0.39, 0.29) is 0 Å². The molecule has 2 aliphatic heterocycles. The van der Waals surface area contributed by atoms with Gasteiger partial charge in [0.2, 0.25) is 10.0 Å². The molecule has 0 bridgehead atoms. The molecule has 0 N–H and O–H groups in total. The molecule has 6 nitrogen and oxygen atoms in total. The van der Waals surface area contributed by atoms with E-state index in [1.54, 1.807) is 16.4 Å². The van der Waals surface area contributed by atoms with Crippen LogP contribution in [-0.4, -0.2) is 49.1 Å². The van der Waals surface area contributed by atoms with Crippen molar-refractivity contribution in [3.8, 4) is 0 Å². The Hall–Kier alpha value is -1.99. The van der Waals surface area contributed by atoms with Crippen LogP contribution in [0.5, 0.6) is 0 Å². The highest BCUT2D eigenvalue weighted by atomic mass is 32.2. The molecule has 0 spiro atoms. The van der Waals surface area contributed by atoms with Crippen LogP contribution in [-0.2, 0) is 10.0 Å². The maximum atomic E-state index is 13.0. The van der Waals surface area contributed by atoms with Gasteiger partial charge in [-0.1, -0.05) is 6.07 Å². The first kappa shape index (κ1) is 17.4. The van der Waals surface area contributed by atoms with E-state index in [2.05, 4.69) is 15.1 Å².